The van der Waals surface area contributed by atoms with E-state index < -0.39 is 5.92 Å². The van der Waals surface area contributed by atoms with Gasteiger partial charge in [0.15, 0.2) is 0 Å². The van der Waals surface area contributed by atoms with Gasteiger partial charge in [0.1, 0.15) is 23.0 Å². The number of hydrogen-bond acceptors (Lipinski definition) is 5. The molecule has 1 aliphatic heterocycles. The number of aromatic hydroxyl groups is 1. The molecule has 0 radical (unpaired) electrons. The Kier molecular flexibility index (Phi) is 6.17. The SMILES string of the molecule is COc1cc(O)c(C(CC(=O)N2CC(C)CC(C)C2)c2ccco2)c(OC)c1. The van der Waals surface area contributed by atoms with E-state index in [-0.39, 0.29) is 18.1 Å². The lowest BCUT2D eigenvalue weighted by atomic mass is 9.88. The predicted molar refractivity (Wildman–Crippen MR) is 106 cm³/mol. The van der Waals surface area contributed by atoms with Gasteiger partial charge in [-0.1, -0.05) is 13.8 Å². The number of nitrogens with zero attached hydrogens (tertiary/aromatic N) is 1. The van der Waals surface area contributed by atoms with Crippen molar-refractivity contribution in [3.05, 3.63) is 41.9 Å². The van der Waals surface area contributed by atoms with Crippen LogP contribution in [0.3, 0.4) is 0 Å². The van der Waals surface area contributed by atoms with E-state index in [9.17, 15) is 9.90 Å². The van der Waals surface area contributed by atoms with Gasteiger partial charge in [-0.25, -0.2) is 0 Å². The van der Waals surface area contributed by atoms with E-state index in [1.165, 1.54) is 20.3 Å². The van der Waals surface area contributed by atoms with Crippen LogP contribution in [-0.4, -0.2) is 43.2 Å². The summed E-state index contributed by atoms with van der Waals surface area (Å²) in [5.41, 5.74) is 0.532. The highest BCUT2D eigenvalue weighted by molar-refractivity contribution is 5.78. The molecule has 3 rings (SSSR count). The summed E-state index contributed by atoms with van der Waals surface area (Å²) in [5.74, 6) is 2.16. The Bertz CT molecular complexity index is 792. The molecule has 1 aliphatic rings. The Morgan fingerprint density at radius 1 is 1.25 bits per heavy atom. The molecule has 0 aliphatic carbocycles. The van der Waals surface area contributed by atoms with Crippen LogP contribution in [0.15, 0.2) is 34.9 Å². The topological polar surface area (TPSA) is 72.1 Å². The van der Waals surface area contributed by atoms with Gasteiger partial charge in [-0.15, -0.1) is 0 Å². The summed E-state index contributed by atoms with van der Waals surface area (Å²) in [5, 5.41) is 10.7. The summed E-state index contributed by atoms with van der Waals surface area (Å²) in [7, 11) is 3.06. The highest BCUT2D eigenvalue weighted by atomic mass is 16.5. The molecule has 2 aromatic rings. The van der Waals surface area contributed by atoms with Crippen LogP contribution >= 0.6 is 0 Å². The number of furan rings is 1. The summed E-state index contributed by atoms with van der Waals surface area (Å²) in [6, 6.07) is 6.84. The molecule has 152 valence electrons. The minimum atomic E-state index is -0.448. The van der Waals surface area contributed by atoms with Gasteiger partial charge >= 0.3 is 0 Å². The van der Waals surface area contributed by atoms with Crippen LogP contribution in [0, 0.1) is 11.8 Å². The van der Waals surface area contributed by atoms with Crippen molar-refractivity contribution in [2.45, 2.75) is 32.6 Å². The highest BCUT2D eigenvalue weighted by Crippen LogP contribution is 2.43. The summed E-state index contributed by atoms with van der Waals surface area (Å²) in [6.07, 6.45) is 2.91. The molecule has 1 aromatic carbocycles. The second-order valence-corrected chi connectivity index (χ2v) is 7.78. The Hall–Kier alpha value is -2.63. The van der Waals surface area contributed by atoms with Crippen LogP contribution in [0.2, 0.25) is 0 Å². The lowest BCUT2D eigenvalue weighted by Crippen LogP contribution is -2.43. The highest BCUT2D eigenvalue weighted by Gasteiger charge is 2.32. The first-order chi connectivity index (χ1) is 13.4. The lowest BCUT2D eigenvalue weighted by Gasteiger charge is -2.35. The minimum Gasteiger partial charge on any atom is -0.507 e. The minimum absolute atomic E-state index is 0.0192. The molecule has 3 unspecified atom stereocenters. The van der Waals surface area contributed by atoms with Crippen molar-refractivity contribution in [3.8, 4) is 17.2 Å². The molecule has 1 saturated heterocycles. The molecule has 28 heavy (non-hydrogen) atoms. The number of likely N-dealkylation sites (tertiary alicyclic amines) is 1. The van der Waals surface area contributed by atoms with Crippen molar-refractivity contribution in [1.82, 2.24) is 4.90 Å². The van der Waals surface area contributed by atoms with E-state index in [4.69, 9.17) is 13.9 Å². The molecular formula is C22H29NO5. The van der Waals surface area contributed by atoms with Gasteiger partial charge in [0, 0.05) is 37.2 Å². The molecule has 0 spiro atoms. The number of phenolic OH excluding ortho intramolecular Hbond substituents is 1. The maximum atomic E-state index is 13.1. The number of benzene rings is 1. The van der Waals surface area contributed by atoms with Crippen molar-refractivity contribution in [2.75, 3.05) is 27.3 Å². The maximum absolute atomic E-state index is 13.1. The smallest absolute Gasteiger partial charge is 0.223 e. The molecule has 6 heteroatoms. The first kappa shape index (κ1) is 20.1. The van der Waals surface area contributed by atoms with Crippen LogP contribution < -0.4 is 9.47 Å². The molecule has 1 aromatic heterocycles. The van der Waals surface area contributed by atoms with Gasteiger partial charge in [-0.3, -0.25) is 4.79 Å². The molecule has 1 fully saturated rings. The number of ether oxygens (including phenoxy) is 2. The number of carbonyl (C=O) groups is 1. The third-order valence-corrected chi connectivity index (χ3v) is 5.38. The fourth-order valence-electron chi connectivity index (χ4n) is 4.23. The van der Waals surface area contributed by atoms with Gasteiger partial charge in [0.05, 0.1) is 26.4 Å². The zero-order chi connectivity index (χ0) is 20.3. The average molecular weight is 387 g/mol. The number of methoxy groups -OCH3 is 2. The molecular weight excluding hydrogens is 358 g/mol. The van der Waals surface area contributed by atoms with Crippen molar-refractivity contribution in [3.63, 3.8) is 0 Å². The molecule has 6 nitrogen and oxygen atoms in total. The monoisotopic (exact) mass is 387 g/mol. The fraction of sp³-hybridized carbons (Fsp3) is 0.500. The first-order valence-corrected chi connectivity index (χ1v) is 9.69. The van der Waals surface area contributed by atoms with E-state index in [2.05, 4.69) is 13.8 Å². The molecule has 2 heterocycles. The largest absolute Gasteiger partial charge is 0.507 e. The quantitative estimate of drug-likeness (QED) is 0.810. The molecule has 0 saturated carbocycles. The predicted octanol–water partition coefficient (Wildman–Crippen LogP) is 4.03. The fourth-order valence-corrected chi connectivity index (χ4v) is 4.23. The van der Waals surface area contributed by atoms with Crippen LogP contribution in [0.5, 0.6) is 17.2 Å². The summed E-state index contributed by atoms with van der Waals surface area (Å²) in [4.78, 5) is 15.1. The lowest BCUT2D eigenvalue weighted by molar-refractivity contribution is -0.134. The second kappa shape index (κ2) is 8.59. The maximum Gasteiger partial charge on any atom is 0.223 e. The third kappa shape index (κ3) is 4.26. The molecule has 3 atom stereocenters. The van der Waals surface area contributed by atoms with E-state index in [1.807, 2.05) is 11.0 Å². The van der Waals surface area contributed by atoms with E-state index in [1.54, 1.807) is 18.4 Å². The van der Waals surface area contributed by atoms with Crippen LogP contribution in [0.25, 0.3) is 0 Å². The zero-order valence-electron chi connectivity index (χ0n) is 17.0. The third-order valence-electron chi connectivity index (χ3n) is 5.38. The molecule has 0 bridgehead atoms. The van der Waals surface area contributed by atoms with Gasteiger partial charge in [-0.05, 0) is 30.4 Å². The van der Waals surface area contributed by atoms with Crippen molar-refractivity contribution >= 4 is 5.91 Å². The Morgan fingerprint density at radius 3 is 2.54 bits per heavy atom. The van der Waals surface area contributed by atoms with Gasteiger partial charge in [0.2, 0.25) is 5.91 Å². The molecule has 1 N–H and O–H groups in total. The van der Waals surface area contributed by atoms with Gasteiger partial charge in [0.25, 0.3) is 0 Å². The number of rotatable bonds is 6. The first-order valence-electron chi connectivity index (χ1n) is 9.69. The summed E-state index contributed by atoms with van der Waals surface area (Å²) < 4.78 is 16.3. The van der Waals surface area contributed by atoms with E-state index in [0.717, 1.165) is 19.5 Å². The van der Waals surface area contributed by atoms with Gasteiger partial charge in [-0.2, -0.15) is 0 Å². The number of phenols is 1. The number of piperidine rings is 1. The summed E-state index contributed by atoms with van der Waals surface area (Å²) in [6.45, 7) is 5.89. The Labute approximate surface area is 166 Å². The van der Waals surface area contributed by atoms with Crippen LogP contribution in [0.4, 0.5) is 0 Å². The number of amides is 1. The van der Waals surface area contributed by atoms with Crippen LogP contribution in [0.1, 0.15) is 43.9 Å². The number of carbonyl (C=O) groups excluding carboxylic acids is 1. The normalized spacial score (nSPS) is 20.6. The van der Waals surface area contributed by atoms with Gasteiger partial charge < -0.3 is 23.9 Å². The van der Waals surface area contributed by atoms with E-state index >= 15 is 0 Å². The van der Waals surface area contributed by atoms with Crippen LogP contribution in [-0.2, 0) is 4.79 Å². The molecule has 1 amide bonds. The van der Waals surface area contributed by atoms with Crippen molar-refractivity contribution in [1.29, 1.82) is 0 Å². The van der Waals surface area contributed by atoms with E-state index in [0.29, 0.717) is 34.7 Å². The van der Waals surface area contributed by atoms with Crippen molar-refractivity contribution < 1.29 is 23.8 Å². The van der Waals surface area contributed by atoms with Crippen molar-refractivity contribution in [2.24, 2.45) is 11.8 Å². The average Bonchev–Trinajstić information content (AvgIpc) is 3.19. The number of hydrogen-bond donors (Lipinski definition) is 1. The summed E-state index contributed by atoms with van der Waals surface area (Å²) >= 11 is 0. The second-order valence-electron chi connectivity index (χ2n) is 7.78. The zero-order valence-corrected chi connectivity index (χ0v) is 17.0. The standard InChI is InChI=1S/C22H29NO5/c1-14-8-15(2)13-23(12-14)21(25)11-17(19-6-5-7-28-19)22-18(24)9-16(26-3)10-20(22)27-4/h5-7,9-10,14-15,17,24H,8,11-13H2,1-4H3. The Balaban J connectivity index is 1.94. The Morgan fingerprint density at radius 2 is 1.96 bits per heavy atom.